The lowest BCUT2D eigenvalue weighted by Crippen LogP contribution is -2.18. The first-order valence-corrected chi connectivity index (χ1v) is 8.78. The van der Waals surface area contributed by atoms with Crippen molar-refractivity contribution in [3.8, 4) is 0 Å². The number of hydrogen-bond donors (Lipinski definition) is 0. The minimum atomic E-state index is -0.907. The average molecular weight is 246 g/mol. The molecule has 0 aromatic heterocycles. The van der Waals surface area contributed by atoms with Gasteiger partial charge in [-0.1, -0.05) is 20.3 Å². The van der Waals surface area contributed by atoms with E-state index < -0.39 is 9.04 Å². The van der Waals surface area contributed by atoms with Crippen LogP contribution in [-0.2, 0) is 13.9 Å². The lowest BCUT2D eigenvalue weighted by molar-refractivity contribution is 0.116. The smallest absolute Gasteiger partial charge is 0.176 e. The van der Waals surface area contributed by atoms with Crippen LogP contribution in [-0.4, -0.2) is 41.6 Å². The number of rotatable bonds is 11. The largest absolute Gasteiger partial charge is 0.420 e. The second kappa shape index (κ2) is 9.16. The molecule has 16 heavy (non-hydrogen) atoms. The van der Waals surface area contributed by atoms with Crippen LogP contribution >= 0.6 is 0 Å². The summed E-state index contributed by atoms with van der Waals surface area (Å²) in [7, 11) is -0.907. The van der Waals surface area contributed by atoms with E-state index in [0.29, 0.717) is 6.10 Å². The first kappa shape index (κ1) is 14.2. The van der Waals surface area contributed by atoms with Gasteiger partial charge in [0.2, 0.25) is 0 Å². The third-order valence-electron chi connectivity index (χ3n) is 2.83. The number of epoxide rings is 1. The molecule has 4 heteroatoms. The maximum absolute atomic E-state index is 5.93. The van der Waals surface area contributed by atoms with Gasteiger partial charge >= 0.3 is 0 Å². The monoisotopic (exact) mass is 246 g/mol. The third-order valence-corrected chi connectivity index (χ3v) is 5.50. The lowest BCUT2D eigenvalue weighted by atomic mass is 10.4. The van der Waals surface area contributed by atoms with Crippen molar-refractivity contribution < 1.29 is 13.9 Å². The number of hydrogen-bond acceptors (Lipinski definition) is 3. The third kappa shape index (κ3) is 7.38. The second-order valence-corrected chi connectivity index (χ2v) is 7.40. The fraction of sp³-hybridized carbons (Fsp3) is 1.00. The molecule has 0 saturated carbocycles. The van der Waals surface area contributed by atoms with Gasteiger partial charge in [-0.05, 0) is 24.9 Å². The van der Waals surface area contributed by atoms with Gasteiger partial charge in [-0.2, -0.15) is 0 Å². The molecule has 0 aliphatic carbocycles. The van der Waals surface area contributed by atoms with E-state index in [1.54, 1.807) is 0 Å². The predicted molar refractivity (Wildman–Crippen MR) is 68.5 cm³/mol. The summed E-state index contributed by atoms with van der Waals surface area (Å²) in [6, 6.07) is 2.50. The highest BCUT2D eigenvalue weighted by atomic mass is 28.3. The highest BCUT2D eigenvalue weighted by molar-refractivity contribution is 6.51. The molecular formula is C12H26O3Si. The van der Waals surface area contributed by atoms with Gasteiger partial charge in [0, 0.05) is 13.2 Å². The molecule has 0 N–H and O–H groups in total. The molecule has 2 atom stereocenters. The van der Waals surface area contributed by atoms with Crippen LogP contribution in [0.4, 0.5) is 0 Å². The van der Waals surface area contributed by atoms with E-state index in [0.717, 1.165) is 32.8 Å². The van der Waals surface area contributed by atoms with Crippen LogP contribution in [0.5, 0.6) is 0 Å². The molecule has 0 aromatic carbocycles. The zero-order chi connectivity index (χ0) is 11.6. The van der Waals surface area contributed by atoms with E-state index in [1.165, 1.54) is 24.9 Å². The summed E-state index contributed by atoms with van der Waals surface area (Å²) in [5.74, 6) is 0. The molecule has 1 saturated heterocycles. The molecule has 1 aliphatic rings. The Labute approximate surface area is 101 Å². The van der Waals surface area contributed by atoms with Crippen LogP contribution in [0.3, 0.4) is 0 Å². The van der Waals surface area contributed by atoms with E-state index >= 15 is 0 Å². The van der Waals surface area contributed by atoms with Crippen molar-refractivity contribution in [1.29, 1.82) is 0 Å². The van der Waals surface area contributed by atoms with Crippen LogP contribution in [0.2, 0.25) is 12.1 Å². The fourth-order valence-corrected chi connectivity index (χ4v) is 3.52. The Balaban J connectivity index is 1.86. The molecule has 0 aromatic rings. The number of unbranched alkanes of at least 4 members (excludes halogenated alkanes) is 1. The number of ether oxygens (including phenoxy) is 2. The summed E-state index contributed by atoms with van der Waals surface area (Å²) in [6.07, 6.45) is 4.00. The van der Waals surface area contributed by atoms with Crippen molar-refractivity contribution in [2.45, 2.75) is 51.3 Å². The molecule has 0 amide bonds. The van der Waals surface area contributed by atoms with Crippen LogP contribution < -0.4 is 0 Å². The van der Waals surface area contributed by atoms with E-state index in [4.69, 9.17) is 13.9 Å². The molecule has 1 rings (SSSR count). The minimum Gasteiger partial charge on any atom is -0.420 e. The first-order valence-electron chi connectivity index (χ1n) is 6.67. The molecule has 1 fully saturated rings. The van der Waals surface area contributed by atoms with Gasteiger partial charge in [0.15, 0.2) is 9.04 Å². The van der Waals surface area contributed by atoms with Crippen LogP contribution in [0, 0.1) is 0 Å². The Bertz CT molecular complexity index is 162. The maximum Gasteiger partial charge on any atom is 0.176 e. The molecule has 0 bridgehead atoms. The quantitative estimate of drug-likeness (QED) is 0.318. The van der Waals surface area contributed by atoms with Crippen molar-refractivity contribution in [1.82, 2.24) is 0 Å². The Kier molecular flexibility index (Phi) is 8.11. The van der Waals surface area contributed by atoms with Crippen LogP contribution in [0.25, 0.3) is 0 Å². The normalized spacial score (nSPS) is 21.0. The van der Waals surface area contributed by atoms with Gasteiger partial charge in [0.05, 0.1) is 13.2 Å². The van der Waals surface area contributed by atoms with Gasteiger partial charge in [0.1, 0.15) is 6.10 Å². The van der Waals surface area contributed by atoms with Gasteiger partial charge < -0.3 is 13.9 Å². The van der Waals surface area contributed by atoms with Crippen LogP contribution in [0.15, 0.2) is 0 Å². The molecule has 1 aliphatic heterocycles. The zero-order valence-electron chi connectivity index (χ0n) is 10.7. The first-order chi connectivity index (χ1) is 7.86. The highest BCUT2D eigenvalue weighted by Gasteiger charge is 2.22. The summed E-state index contributed by atoms with van der Waals surface area (Å²) in [4.78, 5) is 0. The lowest BCUT2D eigenvalue weighted by Gasteiger charge is -2.14. The molecular weight excluding hydrogens is 220 g/mol. The SMILES string of the molecule is CCCCO[SiH](CC)CCCOCC1CO1. The summed E-state index contributed by atoms with van der Waals surface area (Å²) >= 11 is 0. The van der Waals surface area contributed by atoms with E-state index in [9.17, 15) is 0 Å². The summed E-state index contributed by atoms with van der Waals surface area (Å²) < 4.78 is 16.5. The zero-order valence-corrected chi connectivity index (χ0v) is 11.9. The standard InChI is InChI=1S/C12H26O3Si/c1-3-5-8-15-16(4-2)9-6-7-13-10-12-11-14-12/h12,16H,3-11H2,1-2H3. The fourth-order valence-electron chi connectivity index (χ4n) is 1.59. The van der Waals surface area contributed by atoms with Crippen molar-refractivity contribution in [2.24, 2.45) is 0 Å². The van der Waals surface area contributed by atoms with E-state index in [2.05, 4.69) is 13.8 Å². The molecule has 2 unspecified atom stereocenters. The molecule has 0 radical (unpaired) electrons. The molecule has 3 nitrogen and oxygen atoms in total. The molecule has 1 heterocycles. The van der Waals surface area contributed by atoms with Gasteiger partial charge in [-0.25, -0.2) is 0 Å². The second-order valence-electron chi connectivity index (χ2n) is 4.43. The van der Waals surface area contributed by atoms with Crippen molar-refractivity contribution >= 4 is 9.04 Å². The van der Waals surface area contributed by atoms with Crippen molar-refractivity contribution in [3.63, 3.8) is 0 Å². The van der Waals surface area contributed by atoms with E-state index in [-0.39, 0.29) is 0 Å². The topological polar surface area (TPSA) is 31.0 Å². The Morgan fingerprint density at radius 3 is 2.69 bits per heavy atom. The summed E-state index contributed by atoms with van der Waals surface area (Å²) in [5.41, 5.74) is 0. The van der Waals surface area contributed by atoms with Crippen molar-refractivity contribution in [3.05, 3.63) is 0 Å². The Morgan fingerprint density at radius 1 is 1.25 bits per heavy atom. The van der Waals surface area contributed by atoms with Crippen molar-refractivity contribution in [2.75, 3.05) is 26.4 Å². The van der Waals surface area contributed by atoms with Gasteiger partial charge in [0.25, 0.3) is 0 Å². The summed E-state index contributed by atoms with van der Waals surface area (Å²) in [6.45, 7) is 7.99. The highest BCUT2D eigenvalue weighted by Crippen LogP contribution is 2.10. The predicted octanol–water partition coefficient (Wildman–Crippen LogP) is 2.35. The Hall–Kier alpha value is 0.0969. The Morgan fingerprint density at radius 2 is 2.06 bits per heavy atom. The van der Waals surface area contributed by atoms with Crippen LogP contribution in [0.1, 0.15) is 33.1 Å². The van der Waals surface area contributed by atoms with Gasteiger partial charge in [-0.15, -0.1) is 0 Å². The minimum absolute atomic E-state index is 0.403. The molecule has 96 valence electrons. The average Bonchev–Trinajstić information content (AvgIpc) is 3.10. The molecule has 0 spiro atoms. The van der Waals surface area contributed by atoms with Gasteiger partial charge in [-0.3, -0.25) is 0 Å². The maximum atomic E-state index is 5.93. The van der Waals surface area contributed by atoms with E-state index in [1.807, 2.05) is 0 Å². The summed E-state index contributed by atoms with van der Waals surface area (Å²) in [5, 5.41) is 0.